The fraction of sp³-hybridized carbons (Fsp3) is 0.375. The predicted octanol–water partition coefficient (Wildman–Crippen LogP) is 3.34. The number of carbonyl (C=O) groups excluding carboxylic acids is 1. The number of amides is 1. The number of piperazine rings is 1. The summed E-state index contributed by atoms with van der Waals surface area (Å²) in [7, 11) is 1.58. The van der Waals surface area contributed by atoms with Crippen LogP contribution in [0.5, 0.6) is 11.5 Å². The third kappa shape index (κ3) is 4.91. The zero-order valence-electron chi connectivity index (χ0n) is 18.7. The highest BCUT2D eigenvalue weighted by Crippen LogP contribution is 2.26. The monoisotopic (exact) mass is 436 g/mol. The van der Waals surface area contributed by atoms with Gasteiger partial charge in [-0.3, -0.25) is 9.69 Å². The van der Waals surface area contributed by atoms with Crippen LogP contribution in [0, 0.1) is 6.92 Å². The van der Waals surface area contributed by atoms with Crippen LogP contribution in [0.25, 0.3) is 11.4 Å². The fourth-order valence-corrected chi connectivity index (χ4v) is 3.71. The molecule has 1 aromatic heterocycles. The number of benzene rings is 2. The number of para-hydroxylation sites is 2. The van der Waals surface area contributed by atoms with E-state index in [1.54, 1.807) is 13.2 Å². The molecule has 0 bridgehead atoms. The molecule has 168 valence electrons. The molecule has 2 heterocycles. The van der Waals surface area contributed by atoms with E-state index in [1.807, 2.05) is 54.3 Å². The van der Waals surface area contributed by atoms with Gasteiger partial charge in [-0.1, -0.05) is 47.1 Å². The SMILES string of the molecule is COc1ccccc1OCC(=O)N1CCN(C(C)c2nc(-c3ccc(C)cc3)no2)CC1. The molecular weight excluding hydrogens is 408 g/mol. The molecule has 0 saturated carbocycles. The summed E-state index contributed by atoms with van der Waals surface area (Å²) >= 11 is 0. The Morgan fingerprint density at radius 2 is 1.75 bits per heavy atom. The quantitative estimate of drug-likeness (QED) is 0.562. The van der Waals surface area contributed by atoms with E-state index in [-0.39, 0.29) is 18.6 Å². The van der Waals surface area contributed by atoms with Gasteiger partial charge in [-0.25, -0.2) is 0 Å². The molecule has 8 heteroatoms. The molecule has 1 aliphatic rings. The van der Waals surface area contributed by atoms with E-state index < -0.39 is 0 Å². The van der Waals surface area contributed by atoms with Crippen LogP contribution in [0.2, 0.25) is 0 Å². The second kappa shape index (κ2) is 9.82. The Kier molecular flexibility index (Phi) is 6.70. The molecule has 1 unspecified atom stereocenters. The fourth-order valence-electron chi connectivity index (χ4n) is 3.71. The lowest BCUT2D eigenvalue weighted by molar-refractivity contribution is -0.135. The van der Waals surface area contributed by atoms with Gasteiger partial charge in [0.2, 0.25) is 11.7 Å². The van der Waals surface area contributed by atoms with Gasteiger partial charge in [0.15, 0.2) is 18.1 Å². The molecule has 1 amide bonds. The second-order valence-corrected chi connectivity index (χ2v) is 7.85. The first-order chi connectivity index (χ1) is 15.5. The van der Waals surface area contributed by atoms with Gasteiger partial charge in [-0.05, 0) is 26.0 Å². The molecule has 4 rings (SSSR count). The molecule has 0 N–H and O–H groups in total. The average Bonchev–Trinajstić information content (AvgIpc) is 3.33. The summed E-state index contributed by atoms with van der Waals surface area (Å²) in [6.07, 6.45) is 0. The van der Waals surface area contributed by atoms with E-state index in [0.29, 0.717) is 36.3 Å². The van der Waals surface area contributed by atoms with Crippen LogP contribution in [0.1, 0.15) is 24.4 Å². The van der Waals surface area contributed by atoms with Crippen LogP contribution >= 0.6 is 0 Å². The maximum atomic E-state index is 12.6. The number of nitrogens with zero attached hydrogens (tertiary/aromatic N) is 4. The number of hydrogen-bond acceptors (Lipinski definition) is 7. The topological polar surface area (TPSA) is 80.9 Å². The smallest absolute Gasteiger partial charge is 0.260 e. The van der Waals surface area contributed by atoms with E-state index in [2.05, 4.69) is 22.0 Å². The maximum Gasteiger partial charge on any atom is 0.260 e. The van der Waals surface area contributed by atoms with E-state index in [1.165, 1.54) is 5.56 Å². The van der Waals surface area contributed by atoms with Gasteiger partial charge in [0.05, 0.1) is 13.2 Å². The summed E-state index contributed by atoms with van der Waals surface area (Å²) < 4.78 is 16.5. The zero-order chi connectivity index (χ0) is 22.5. The minimum Gasteiger partial charge on any atom is -0.493 e. The van der Waals surface area contributed by atoms with Crippen LogP contribution in [0.3, 0.4) is 0 Å². The van der Waals surface area contributed by atoms with Gasteiger partial charge in [-0.15, -0.1) is 0 Å². The average molecular weight is 437 g/mol. The summed E-state index contributed by atoms with van der Waals surface area (Å²) in [5, 5.41) is 4.14. The molecule has 1 saturated heterocycles. The number of carbonyl (C=O) groups is 1. The molecule has 0 radical (unpaired) electrons. The summed E-state index contributed by atoms with van der Waals surface area (Å²) in [6.45, 7) is 6.78. The molecule has 0 spiro atoms. The lowest BCUT2D eigenvalue weighted by atomic mass is 10.1. The third-order valence-electron chi connectivity index (χ3n) is 5.74. The van der Waals surface area contributed by atoms with Crippen molar-refractivity contribution in [1.29, 1.82) is 0 Å². The van der Waals surface area contributed by atoms with Crippen LogP contribution in [-0.4, -0.2) is 65.7 Å². The Hall–Kier alpha value is -3.39. The van der Waals surface area contributed by atoms with Crippen molar-refractivity contribution in [1.82, 2.24) is 19.9 Å². The summed E-state index contributed by atoms with van der Waals surface area (Å²) in [5.41, 5.74) is 2.12. The zero-order valence-corrected chi connectivity index (χ0v) is 18.7. The first kappa shape index (κ1) is 21.8. The van der Waals surface area contributed by atoms with Crippen molar-refractivity contribution in [2.24, 2.45) is 0 Å². The van der Waals surface area contributed by atoms with E-state index >= 15 is 0 Å². The minimum absolute atomic E-state index is 0.0144. The van der Waals surface area contributed by atoms with Gasteiger partial charge < -0.3 is 18.9 Å². The van der Waals surface area contributed by atoms with Gasteiger partial charge in [0, 0.05) is 31.7 Å². The predicted molar refractivity (Wildman–Crippen MR) is 120 cm³/mol. The molecule has 1 aliphatic heterocycles. The Morgan fingerprint density at radius 1 is 1.06 bits per heavy atom. The Morgan fingerprint density at radius 3 is 2.44 bits per heavy atom. The first-order valence-corrected chi connectivity index (χ1v) is 10.7. The Bertz CT molecular complexity index is 1040. The highest BCUT2D eigenvalue weighted by molar-refractivity contribution is 5.78. The first-order valence-electron chi connectivity index (χ1n) is 10.7. The third-order valence-corrected chi connectivity index (χ3v) is 5.74. The highest BCUT2D eigenvalue weighted by atomic mass is 16.5. The number of aromatic nitrogens is 2. The number of hydrogen-bond donors (Lipinski definition) is 0. The molecule has 8 nitrogen and oxygen atoms in total. The number of aryl methyl sites for hydroxylation is 1. The Balaban J connectivity index is 1.29. The number of methoxy groups -OCH3 is 1. The van der Waals surface area contributed by atoms with Gasteiger partial charge >= 0.3 is 0 Å². The lowest BCUT2D eigenvalue weighted by Crippen LogP contribution is -2.50. The molecule has 1 atom stereocenters. The molecule has 32 heavy (non-hydrogen) atoms. The van der Waals surface area contributed by atoms with Crippen LogP contribution in [-0.2, 0) is 4.79 Å². The highest BCUT2D eigenvalue weighted by Gasteiger charge is 2.28. The molecule has 2 aromatic carbocycles. The normalized spacial score (nSPS) is 15.4. The number of rotatable bonds is 7. The summed E-state index contributed by atoms with van der Waals surface area (Å²) in [4.78, 5) is 21.3. The van der Waals surface area contributed by atoms with E-state index in [0.717, 1.165) is 18.7 Å². The van der Waals surface area contributed by atoms with E-state index in [9.17, 15) is 4.79 Å². The summed E-state index contributed by atoms with van der Waals surface area (Å²) in [5.74, 6) is 2.32. The van der Waals surface area contributed by atoms with Gasteiger partial charge in [0.25, 0.3) is 5.91 Å². The molecular formula is C24H28N4O4. The van der Waals surface area contributed by atoms with Crippen molar-refractivity contribution in [2.75, 3.05) is 39.9 Å². The van der Waals surface area contributed by atoms with Crippen molar-refractivity contribution in [3.63, 3.8) is 0 Å². The van der Waals surface area contributed by atoms with Crippen molar-refractivity contribution in [3.8, 4) is 22.9 Å². The van der Waals surface area contributed by atoms with Gasteiger partial charge in [-0.2, -0.15) is 4.98 Å². The van der Waals surface area contributed by atoms with Crippen molar-refractivity contribution in [2.45, 2.75) is 19.9 Å². The minimum atomic E-state index is -0.0392. The Labute approximate surface area is 187 Å². The van der Waals surface area contributed by atoms with Crippen molar-refractivity contribution in [3.05, 3.63) is 60.0 Å². The van der Waals surface area contributed by atoms with Gasteiger partial charge in [0.1, 0.15) is 0 Å². The maximum absolute atomic E-state index is 12.6. The van der Waals surface area contributed by atoms with Crippen molar-refractivity contribution < 1.29 is 18.8 Å². The molecule has 3 aromatic rings. The summed E-state index contributed by atoms with van der Waals surface area (Å²) in [6, 6.07) is 15.3. The second-order valence-electron chi connectivity index (χ2n) is 7.85. The largest absolute Gasteiger partial charge is 0.493 e. The van der Waals surface area contributed by atoms with Crippen molar-refractivity contribution >= 4 is 5.91 Å². The van der Waals surface area contributed by atoms with Crippen LogP contribution < -0.4 is 9.47 Å². The lowest BCUT2D eigenvalue weighted by Gasteiger charge is -2.36. The number of ether oxygens (including phenoxy) is 2. The van der Waals surface area contributed by atoms with E-state index in [4.69, 9.17) is 14.0 Å². The standard InChI is InChI=1S/C24H28N4O4/c1-17-8-10-19(11-9-17)23-25-24(32-26-23)18(2)27-12-14-28(15-13-27)22(29)16-31-21-7-5-4-6-20(21)30-3/h4-11,18H,12-16H2,1-3H3. The molecule has 0 aliphatic carbocycles. The van der Waals surface area contributed by atoms with Crippen LogP contribution in [0.15, 0.2) is 53.1 Å². The van der Waals surface area contributed by atoms with Crippen LogP contribution in [0.4, 0.5) is 0 Å². The molecule has 1 fully saturated rings.